The summed E-state index contributed by atoms with van der Waals surface area (Å²) in [7, 11) is -7.56. The predicted octanol–water partition coefficient (Wildman–Crippen LogP) is 3.90. The van der Waals surface area contributed by atoms with Crippen molar-refractivity contribution in [3.05, 3.63) is 83.9 Å². The summed E-state index contributed by atoms with van der Waals surface area (Å²) < 4.78 is 53.7. The lowest BCUT2D eigenvalue weighted by molar-refractivity contribution is -0.116. The maximum absolute atomic E-state index is 12.8. The number of nitrogens with zero attached hydrogens (tertiary/aromatic N) is 1. The van der Waals surface area contributed by atoms with Crippen LogP contribution in [0.4, 0.5) is 17.1 Å². The van der Waals surface area contributed by atoms with Crippen molar-refractivity contribution in [3.8, 4) is 0 Å². The Morgan fingerprint density at radius 3 is 2.00 bits per heavy atom. The number of amides is 1. The van der Waals surface area contributed by atoms with Crippen LogP contribution in [-0.4, -0.2) is 35.0 Å². The second-order valence-corrected chi connectivity index (χ2v) is 11.6. The average Bonchev–Trinajstić information content (AvgIpc) is 2.74. The molecule has 0 unspecified atom stereocenters. The van der Waals surface area contributed by atoms with E-state index in [1.54, 1.807) is 42.5 Å². The molecule has 0 aliphatic carbocycles. The first kappa shape index (κ1) is 25.3. The third-order valence-corrected chi connectivity index (χ3v) is 7.72. The van der Waals surface area contributed by atoms with E-state index in [9.17, 15) is 21.6 Å². The summed E-state index contributed by atoms with van der Waals surface area (Å²) in [5, 5.41) is 2.65. The second-order valence-electron chi connectivity index (χ2n) is 8.06. The highest BCUT2D eigenvalue weighted by molar-refractivity contribution is 7.92. The Balaban J connectivity index is 1.76. The first-order valence-corrected chi connectivity index (χ1v) is 13.8. The van der Waals surface area contributed by atoms with Gasteiger partial charge in [-0.15, -0.1) is 0 Å². The highest BCUT2D eigenvalue weighted by Crippen LogP contribution is 2.23. The summed E-state index contributed by atoms with van der Waals surface area (Å²) in [6, 6.07) is 18.4. The molecule has 180 valence electrons. The molecule has 10 heteroatoms. The molecule has 1 atom stereocenters. The molecule has 34 heavy (non-hydrogen) atoms. The van der Waals surface area contributed by atoms with Gasteiger partial charge in [0.05, 0.1) is 16.8 Å². The van der Waals surface area contributed by atoms with E-state index >= 15 is 0 Å². The molecule has 0 fully saturated rings. The van der Waals surface area contributed by atoms with Crippen LogP contribution in [0.15, 0.2) is 77.7 Å². The van der Waals surface area contributed by atoms with E-state index in [1.807, 2.05) is 19.9 Å². The molecule has 0 heterocycles. The summed E-state index contributed by atoms with van der Waals surface area (Å²) in [4.78, 5) is 12.9. The van der Waals surface area contributed by atoms with Crippen molar-refractivity contribution in [2.24, 2.45) is 0 Å². The molecule has 0 saturated heterocycles. The summed E-state index contributed by atoms with van der Waals surface area (Å²) in [6.45, 7) is 5.23. The van der Waals surface area contributed by atoms with Crippen molar-refractivity contribution in [3.63, 3.8) is 0 Å². The maximum Gasteiger partial charge on any atom is 0.261 e. The van der Waals surface area contributed by atoms with Crippen LogP contribution in [0, 0.1) is 13.8 Å². The lowest BCUT2D eigenvalue weighted by Crippen LogP contribution is -2.45. The number of sulfonamides is 2. The van der Waals surface area contributed by atoms with Gasteiger partial charge < -0.3 is 5.32 Å². The van der Waals surface area contributed by atoms with Gasteiger partial charge in [0.15, 0.2) is 0 Å². The number of aryl methyl sites for hydroxylation is 2. The van der Waals surface area contributed by atoms with E-state index < -0.39 is 32.0 Å². The van der Waals surface area contributed by atoms with Crippen molar-refractivity contribution in [1.29, 1.82) is 0 Å². The topological polar surface area (TPSA) is 113 Å². The molecule has 2 N–H and O–H groups in total. The van der Waals surface area contributed by atoms with Crippen LogP contribution in [0.5, 0.6) is 0 Å². The summed E-state index contributed by atoms with van der Waals surface area (Å²) in [6.07, 6.45) is 1.04. The zero-order valence-electron chi connectivity index (χ0n) is 19.3. The van der Waals surface area contributed by atoms with Gasteiger partial charge in [-0.1, -0.05) is 29.8 Å². The SMILES string of the molecule is Cc1ccc(N([C@H](C)C(=O)Nc2ccc(S(=O)(=O)Nc3cccc(C)c3)cc2)S(C)(=O)=O)cc1. The molecular formula is C24H27N3O5S2. The zero-order chi connectivity index (χ0) is 25.1. The lowest BCUT2D eigenvalue weighted by Gasteiger charge is -2.28. The molecular weight excluding hydrogens is 474 g/mol. The highest BCUT2D eigenvalue weighted by Gasteiger charge is 2.29. The van der Waals surface area contributed by atoms with Gasteiger partial charge in [0.25, 0.3) is 10.0 Å². The van der Waals surface area contributed by atoms with Gasteiger partial charge in [0.1, 0.15) is 6.04 Å². The maximum atomic E-state index is 12.8. The van der Waals surface area contributed by atoms with Crippen LogP contribution in [-0.2, 0) is 24.8 Å². The molecule has 0 bridgehead atoms. The van der Waals surface area contributed by atoms with Crippen LogP contribution >= 0.6 is 0 Å². The molecule has 0 aliphatic heterocycles. The molecule has 0 aliphatic rings. The molecule has 8 nitrogen and oxygen atoms in total. The standard InChI is InChI=1S/C24H27N3O5S2/c1-17-8-12-22(13-9-17)27(33(4,29)30)19(3)24(28)25-20-10-14-23(15-11-20)34(31,32)26-21-7-5-6-18(2)16-21/h5-16,19,26H,1-4H3,(H,25,28)/t19-/m1/s1. The average molecular weight is 502 g/mol. The summed E-state index contributed by atoms with van der Waals surface area (Å²) in [5.41, 5.74) is 3.04. The molecule has 0 spiro atoms. The lowest BCUT2D eigenvalue weighted by atomic mass is 10.2. The van der Waals surface area contributed by atoms with Crippen molar-refractivity contribution in [2.45, 2.75) is 31.7 Å². The Morgan fingerprint density at radius 1 is 0.824 bits per heavy atom. The summed E-state index contributed by atoms with van der Waals surface area (Å²) in [5.74, 6) is -0.556. The number of nitrogens with one attached hydrogen (secondary N) is 2. The second kappa shape index (κ2) is 9.86. The number of rotatable bonds is 8. The monoisotopic (exact) mass is 501 g/mol. The quantitative estimate of drug-likeness (QED) is 0.486. The van der Waals surface area contributed by atoms with Crippen LogP contribution in [0.25, 0.3) is 0 Å². The number of benzene rings is 3. The predicted molar refractivity (Wildman–Crippen MR) is 135 cm³/mol. The van der Waals surface area contributed by atoms with Crippen LogP contribution in [0.2, 0.25) is 0 Å². The van der Waals surface area contributed by atoms with Crippen LogP contribution in [0.1, 0.15) is 18.1 Å². The van der Waals surface area contributed by atoms with E-state index in [0.29, 0.717) is 17.1 Å². The molecule has 0 aromatic heterocycles. The van der Waals surface area contributed by atoms with Gasteiger partial charge in [0, 0.05) is 11.4 Å². The number of hydrogen-bond acceptors (Lipinski definition) is 5. The Bertz CT molecular complexity index is 1390. The largest absolute Gasteiger partial charge is 0.324 e. The van der Waals surface area contributed by atoms with Crippen molar-refractivity contribution >= 4 is 43.0 Å². The zero-order valence-corrected chi connectivity index (χ0v) is 20.9. The molecule has 3 aromatic carbocycles. The Morgan fingerprint density at radius 2 is 1.44 bits per heavy atom. The van der Waals surface area contributed by atoms with E-state index in [2.05, 4.69) is 10.0 Å². The third-order valence-electron chi connectivity index (χ3n) is 5.08. The number of carbonyl (C=O) groups is 1. The fourth-order valence-corrected chi connectivity index (χ4v) is 5.61. The Hall–Kier alpha value is -3.37. The van der Waals surface area contributed by atoms with E-state index in [-0.39, 0.29) is 4.90 Å². The van der Waals surface area contributed by atoms with E-state index in [4.69, 9.17) is 0 Å². The minimum atomic E-state index is -3.81. The van der Waals surface area contributed by atoms with Gasteiger partial charge in [-0.2, -0.15) is 0 Å². The first-order valence-electron chi connectivity index (χ1n) is 10.4. The third kappa shape index (κ3) is 6.15. The minimum Gasteiger partial charge on any atom is -0.324 e. The number of carbonyl (C=O) groups excluding carboxylic acids is 1. The fourth-order valence-electron chi connectivity index (χ4n) is 3.39. The van der Waals surface area contributed by atoms with Crippen molar-refractivity contribution in [2.75, 3.05) is 20.6 Å². The minimum absolute atomic E-state index is 0.0254. The van der Waals surface area contributed by atoms with Gasteiger partial charge in [-0.05, 0) is 74.9 Å². The molecule has 1 amide bonds. The van der Waals surface area contributed by atoms with Crippen molar-refractivity contribution < 1.29 is 21.6 Å². The molecule has 0 saturated carbocycles. The van der Waals surface area contributed by atoms with E-state index in [0.717, 1.165) is 21.7 Å². The van der Waals surface area contributed by atoms with Crippen molar-refractivity contribution in [1.82, 2.24) is 0 Å². The molecule has 3 rings (SSSR count). The first-order chi connectivity index (χ1) is 15.9. The highest BCUT2D eigenvalue weighted by atomic mass is 32.2. The fraction of sp³-hybridized carbons (Fsp3) is 0.208. The van der Waals surface area contributed by atoms with Gasteiger partial charge in [-0.3, -0.25) is 13.8 Å². The smallest absolute Gasteiger partial charge is 0.261 e. The van der Waals surface area contributed by atoms with Gasteiger partial charge >= 0.3 is 0 Å². The number of hydrogen-bond donors (Lipinski definition) is 2. The van der Waals surface area contributed by atoms with Crippen LogP contribution in [0.3, 0.4) is 0 Å². The number of anilines is 3. The van der Waals surface area contributed by atoms with Crippen LogP contribution < -0.4 is 14.3 Å². The normalized spacial score (nSPS) is 12.6. The van der Waals surface area contributed by atoms with E-state index in [1.165, 1.54) is 31.2 Å². The molecule has 3 aromatic rings. The van der Waals surface area contributed by atoms with Gasteiger partial charge in [0.2, 0.25) is 15.9 Å². The summed E-state index contributed by atoms with van der Waals surface area (Å²) >= 11 is 0. The Labute approximate surface area is 200 Å². The van der Waals surface area contributed by atoms with Gasteiger partial charge in [-0.25, -0.2) is 16.8 Å². The molecule has 0 radical (unpaired) electrons. The Kier molecular flexibility index (Phi) is 7.32.